The number of nitrogens with zero attached hydrogens (tertiary/aromatic N) is 1. The molecule has 2 aromatic rings. The molecule has 4 nitrogen and oxygen atoms in total. The molecule has 0 bridgehead atoms. The van der Waals surface area contributed by atoms with E-state index in [2.05, 4.69) is 5.32 Å². The van der Waals surface area contributed by atoms with Gasteiger partial charge in [0.1, 0.15) is 11.9 Å². The van der Waals surface area contributed by atoms with Crippen molar-refractivity contribution in [2.24, 2.45) is 0 Å². The second kappa shape index (κ2) is 11.9. The minimum atomic E-state index is -0.582. The maximum absolute atomic E-state index is 13.3. The molecule has 2 aromatic carbocycles. The number of halogens is 1. The van der Waals surface area contributed by atoms with Crippen molar-refractivity contribution < 1.29 is 14.0 Å². The summed E-state index contributed by atoms with van der Waals surface area (Å²) in [6, 6.07) is 15.7. The molecular weight excluding hydrogens is 411 g/mol. The van der Waals surface area contributed by atoms with Crippen molar-refractivity contribution in [2.75, 3.05) is 5.75 Å². The lowest BCUT2D eigenvalue weighted by atomic mass is 9.95. The number of amides is 2. The van der Waals surface area contributed by atoms with Crippen LogP contribution >= 0.6 is 11.8 Å². The Morgan fingerprint density at radius 1 is 1.06 bits per heavy atom. The van der Waals surface area contributed by atoms with Crippen molar-refractivity contribution in [3.05, 3.63) is 66.0 Å². The van der Waals surface area contributed by atoms with E-state index in [0.29, 0.717) is 12.2 Å². The molecule has 1 saturated carbocycles. The first kappa shape index (κ1) is 23.3. The predicted molar refractivity (Wildman–Crippen MR) is 123 cm³/mol. The van der Waals surface area contributed by atoms with E-state index < -0.39 is 6.04 Å². The SMILES string of the molecule is C[C@H](C(=O)NC1CCCCC1)N(Cc1ccc(F)cc1)C(=O)CCSc1ccccc1. The first-order valence-electron chi connectivity index (χ1n) is 11.0. The number of benzene rings is 2. The van der Waals surface area contributed by atoms with Crippen molar-refractivity contribution in [3.63, 3.8) is 0 Å². The van der Waals surface area contributed by atoms with Gasteiger partial charge in [-0.05, 0) is 49.6 Å². The van der Waals surface area contributed by atoms with E-state index in [9.17, 15) is 14.0 Å². The molecule has 0 saturated heterocycles. The third-order valence-electron chi connectivity index (χ3n) is 5.71. The van der Waals surface area contributed by atoms with Gasteiger partial charge < -0.3 is 10.2 Å². The lowest BCUT2D eigenvalue weighted by molar-refractivity contribution is -0.140. The van der Waals surface area contributed by atoms with Gasteiger partial charge in [-0.15, -0.1) is 11.8 Å². The predicted octanol–water partition coefficient (Wildman–Crippen LogP) is 5.17. The molecular formula is C25H31FN2O2S. The molecule has 0 aromatic heterocycles. The van der Waals surface area contributed by atoms with Crippen molar-refractivity contribution in [1.29, 1.82) is 0 Å². The van der Waals surface area contributed by atoms with Crippen molar-refractivity contribution in [3.8, 4) is 0 Å². The van der Waals surface area contributed by atoms with Crippen LogP contribution < -0.4 is 5.32 Å². The largest absolute Gasteiger partial charge is 0.352 e. The summed E-state index contributed by atoms with van der Waals surface area (Å²) in [4.78, 5) is 28.8. The Morgan fingerprint density at radius 2 is 1.74 bits per heavy atom. The molecule has 3 rings (SSSR count). The highest BCUT2D eigenvalue weighted by Gasteiger charge is 2.27. The van der Waals surface area contributed by atoms with Gasteiger partial charge in [0, 0.05) is 29.7 Å². The Morgan fingerprint density at radius 3 is 2.42 bits per heavy atom. The molecule has 1 N–H and O–H groups in total. The molecule has 1 atom stereocenters. The minimum Gasteiger partial charge on any atom is -0.352 e. The van der Waals surface area contributed by atoms with Crippen LogP contribution in [0.5, 0.6) is 0 Å². The summed E-state index contributed by atoms with van der Waals surface area (Å²) >= 11 is 1.63. The van der Waals surface area contributed by atoms with E-state index >= 15 is 0 Å². The van der Waals surface area contributed by atoms with Crippen LogP contribution in [0, 0.1) is 5.82 Å². The van der Waals surface area contributed by atoms with E-state index in [1.807, 2.05) is 30.3 Å². The fourth-order valence-corrected chi connectivity index (χ4v) is 4.72. The van der Waals surface area contributed by atoms with Gasteiger partial charge in [-0.1, -0.05) is 49.6 Å². The van der Waals surface area contributed by atoms with Gasteiger partial charge in [0.05, 0.1) is 0 Å². The molecule has 0 radical (unpaired) electrons. The fraction of sp³-hybridized carbons (Fsp3) is 0.440. The summed E-state index contributed by atoms with van der Waals surface area (Å²) in [6.07, 6.45) is 5.82. The molecule has 2 amide bonds. The van der Waals surface area contributed by atoms with Crippen LogP contribution in [0.2, 0.25) is 0 Å². The summed E-state index contributed by atoms with van der Waals surface area (Å²) in [6.45, 7) is 2.07. The maximum Gasteiger partial charge on any atom is 0.242 e. The third kappa shape index (κ3) is 7.39. The van der Waals surface area contributed by atoms with Gasteiger partial charge >= 0.3 is 0 Å². The minimum absolute atomic E-state index is 0.0703. The highest BCUT2D eigenvalue weighted by Crippen LogP contribution is 2.21. The van der Waals surface area contributed by atoms with Crippen LogP contribution in [-0.4, -0.2) is 34.6 Å². The Bertz CT molecular complexity index is 838. The summed E-state index contributed by atoms with van der Waals surface area (Å²) < 4.78 is 13.3. The average molecular weight is 443 g/mol. The molecule has 0 aliphatic heterocycles. The average Bonchev–Trinajstić information content (AvgIpc) is 2.79. The van der Waals surface area contributed by atoms with Crippen molar-refractivity contribution >= 4 is 23.6 Å². The van der Waals surface area contributed by atoms with E-state index in [1.165, 1.54) is 18.6 Å². The topological polar surface area (TPSA) is 49.4 Å². The van der Waals surface area contributed by atoms with Gasteiger partial charge in [-0.3, -0.25) is 9.59 Å². The van der Waals surface area contributed by atoms with Gasteiger partial charge in [-0.25, -0.2) is 4.39 Å². The third-order valence-corrected chi connectivity index (χ3v) is 6.73. The van der Waals surface area contributed by atoms with E-state index in [-0.39, 0.29) is 30.2 Å². The summed E-state index contributed by atoms with van der Waals surface area (Å²) in [5.41, 5.74) is 0.808. The molecule has 0 unspecified atom stereocenters. The molecule has 1 aliphatic carbocycles. The van der Waals surface area contributed by atoms with Gasteiger partial charge in [0.2, 0.25) is 11.8 Å². The van der Waals surface area contributed by atoms with E-state index in [1.54, 1.807) is 35.7 Å². The lowest BCUT2D eigenvalue weighted by Crippen LogP contribution is -2.50. The fourth-order valence-electron chi connectivity index (χ4n) is 3.85. The standard InChI is InChI=1S/C25H31FN2O2S/c1-19(25(30)27-22-8-4-2-5-9-22)28(18-20-12-14-21(26)15-13-20)24(29)16-17-31-23-10-6-3-7-11-23/h3,6-7,10-15,19,22H,2,4-5,8-9,16-18H2,1H3,(H,27,30)/t19-/m1/s1. The summed E-state index contributed by atoms with van der Waals surface area (Å²) in [5, 5.41) is 3.13. The van der Waals surface area contributed by atoms with Gasteiger partial charge in [-0.2, -0.15) is 0 Å². The molecule has 31 heavy (non-hydrogen) atoms. The quantitative estimate of drug-likeness (QED) is 0.545. The zero-order valence-electron chi connectivity index (χ0n) is 18.1. The van der Waals surface area contributed by atoms with Crippen LogP contribution in [0.25, 0.3) is 0 Å². The van der Waals surface area contributed by atoms with Crippen LogP contribution in [0.15, 0.2) is 59.5 Å². The van der Waals surface area contributed by atoms with Gasteiger partial charge in [0.15, 0.2) is 0 Å². The number of thioether (sulfide) groups is 1. The molecule has 0 heterocycles. The van der Waals surface area contributed by atoms with Crippen LogP contribution in [0.1, 0.15) is 51.0 Å². The highest BCUT2D eigenvalue weighted by molar-refractivity contribution is 7.99. The Hall–Kier alpha value is -2.34. The number of hydrogen-bond donors (Lipinski definition) is 1. The second-order valence-electron chi connectivity index (χ2n) is 8.08. The van der Waals surface area contributed by atoms with Gasteiger partial charge in [0.25, 0.3) is 0 Å². The van der Waals surface area contributed by atoms with Crippen LogP contribution in [0.4, 0.5) is 4.39 Å². The molecule has 1 fully saturated rings. The summed E-state index contributed by atoms with van der Waals surface area (Å²) in [5.74, 6) is 0.140. The molecule has 1 aliphatic rings. The zero-order valence-corrected chi connectivity index (χ0v) is 18.9. The first-order chi connectivity index (χ1) is 15.0. The monoisotopic (exact) mass is 442 g/mol. The highest BCUT2D eigenvalue weighted by atomic mass is 32.2. The number of carbonyl (C=O) groups is 2. The van der Waals surface area contributed by atoms with E-state index in [0.717, 1.165) is 36.1 Å². The number of hydrogen-bond acceptors (Lipinski definition) is 3. The maximum atomic E-state index is 13.3. The molecule has 166 valence electrons. The zero-order chi connectivity index (χ0) is 22.1. The Balaban J connectivity index is 1.64. The first-order valence-corrected chi connectivity index (χ1v) is 12.0. The lowest BCUT2D eigenvalue weighted by Gasteiger charge is -2.31. The number of nitrogens with one attached hydrogen (secondary N) is 1. The van der Waals surface area contributed by atoms with Crippen molar-refractivity contribution in [1.82, 2.24) is 10.2 Å². The molecule has 0 spiro atoms. The normalized spacial score (nSPS) is 15.3. The Kier molecular flexibility index (Phi) is 8.95. The second-order valence-corrected chi connectivity index (χ2v) is 9.25. The summed E-state index contributed by atoms with van der Waals surface area (Å²) in [7, 11) is 0. The van der Waals surface area contributed by atoms with Crippen LogP contribution in [-0.2, 0) is 16.1 Å². The van der Waals surface area contributed by atoms with E-state index in [4.69, 9.17) is 0 Å². The number of rotatable bonds is 9. The number of carbonyl (C=O) groups excluding carboxylic acids is 2. The van der Waals surface area contributed by atoms with Crippen molar-refractivity contribution in [2.45, 2.75) is 69.0 Å². The molecule has 6 heteroatoms. The van der Waals surface area contributed by atoms with Crippen LogP contribution in [0.3, 0.4) is 0 Å². The smallest absolute Gasteiger partial charge is 0.242 e. The Labute approximate surface area is 188 Å².